The molecule has 1 aliphatic heterocycles. The van der Waals surface area contributed by atoms with Gasteiger partial charge in [0.15, 0.2) is 0 Å². The molecular weight excluding hydrogens is 308 g/mol. The van der Waals surface area contributed by atoms with Gasteiger partial charge in [0.2, 0.25) is 0 Å². The summed E-state index contributed by atoms with van der Waals surface area (Å²) in [5.41, 5.74) is 5.72. The second-order valence-electron chi connectivity index (χ2n) is 7.05. The number of hydrogen-bond acceptors (Lipinski definition) is 1. The highest BCUT2D eigenvalue weighted by atomic mass is 16.2. The summed E-state index contributed by atoms with van der Waals surface area (Å²) in [5, 5.41) is 1.26. The number of nitrogens with zero attached hydrogens (tertiary/aromatic N) is 2. The Kier molecular flexibility index (Phi) is 4.08. The van der Waals surface area contributed by atoms with E-state index in [4.69, 9.17) is 0 Å². The highest BCUT2D eigenvalue weighted by Gasteiger charge is 2.18. The molecule has 0 unspecified atom stereocenters. The molecule has 25 heavy (non-hydrogen) atoms. The maximum absolute atomic E-state index is 12.6. The fourth-order valence-electron chi connectivity index (χ4n) is 3.97. The summed E-state index contributed by atoms with van der Waals surface area (Å²) in [4.78, 5) is 14.6. The number of likely N-dealkylation sites (tertiary alicyclic amines) is 1. The third-order valence-corrected chi connectivity index (χ3v) is 5.29. The first-order chi connectivity index (χ1) is 12.1. The van der Waals surface area contributed by atoms with E-state index in [-0.39, 0.29) is 5.91 Å². The Morgan fingerprint density at radius 2 is 1.68 bits per heavy atom. The fraction of sp³-hybridized carbons (Fsp3) is 0.318. The number of aromatic nitrogens is 1. The van der Waals surface area contributed by atoms with E-state index in [0.29, 0.717) is 0 Å². The zero-order valence-corrected chi connectivity index (χ0v) is 15.0. The Balaban J connectivity index is 1.67. The largest absolute Gasteiger partial charge is 0.350 e. The summed E-state index contributed by atoms with van der Waals surface area (Å²) in [6.07, 6.45) is 5.67. The Bertz CT molecular complexity index is 915. The molecule has 3 aromatic rings. The van der Waals surface area contributed by atoms with Crippen LogP contribution in [0, 0.1) is 6.92 Å². The molecule has 0 aliphatic carbocycles. The van der Waals surface area contributed by atoms with Crippen molar-refractivity contribution >= 4 is 16.8 Å². The lowest BCUT2D eigenvalue weighted by Crippen LogP contribution is -2.35. The van der Waals surface area contributed by atoms with Crippen molar-refractivity contribution in [2.24, 2.45) is 7.05 Å². The van der Waals surface area contributed by atoms with Crippen molar-refractivity contribution in [2.75, 3.05) is 13.1 Å². The number of aryl methyl sites for hydroxylation is 2. The molecule has 2 aromatic carbocycles. The lowest BCUT2D eigenvalue weighted by atomic mass is 10.0. The van der Waals surface area contributed by atoms with E-state index in [2.05, 4.69) is 55.1 Å². The molecule has 0 saturated carbocycles. The van der Waals surface area contributed by atoms with Gasteiger partial charge >= 0.3 is 0 Å². The molecule has 0 bridgehead atoms. The minimum absolute atomic E-state index is 0.167. The van der Waals surface area contributed by atoms with E-state index in [9.17, 15) is 4.79 Å². The predicted octanol–water partition coefficient (Wildman–Crippen LogP) is 4.78. The minimum atomic E-state index is 0.167. The van der Waals surface area contributed by atoms with Gasteiger partial charge in [0.05, 0.1) is 5.52 Å². The molecule has 0 spiro atoms. The Labute approximate surface area is 148 Å². The summed E-state index contributed by atoms with van der Waals surface area (Å²) in [7, 11) is 2.09. The number of carbonyl (C=O) groups excluding carboxylic acids is 1. The van der Waals surface area contributed by atoms with E-state index in [0.717, 1.165) is 37.1 Å². The molecule has 1 fully saturated rings. The number of hydrogen-bond donors (Lipinski definition) is 0. The molecule has 1 amide bonds. The number of rotatable bonds is 2. The van der Waals surface area contributed by atoms with Gasteiger partial charge in [0.1, 0.15) is 0 Å². The Hall–Kier alpha value is -2.55. The zero-order valence-electron chi connectivity index (χ0n) is 15.0. The highest BCUT2D eigenvalue weighted by molar-refractivity contribution is 5.99. The van der Waals surface area contributed by atoms with Gasteiger partial charge in [0, 0.05) is 42.8 Å². The van der Waals surface area contributed by atoms with Crippen molar-refractivity contribution in [2.45, 2.75) is 26.2 Å². The van der Waals surface area contributed by atoms with Crippen LogP contribution >= 0.6 is 0 Å². The van der Waals surface area contributed by atoms with Crippen LogP contribution in [-0.2, 0) is 7.05 Å². The first-order valence-electron chi connectivity index (χ1n) is 9.09. The average molecular weight is 332 g/mol. The van der Waals surface area contributed by atoms with Crippen molar-refractivity contribution in [1.29, 1.82) is 0 Å². The molecule has 0 atom stereocenters. The van der Waals surface area contributed by atoms with E-state index in [1.165, 1.54) is 28.5 Å². The molecule has 0 radical (unpaired) electrons. The average Bonchev–Trinajstić information content (AvgIpc) is 3.00. The normalized spacial score (nSPS) is 14.9. The van der Waals surface area contributed by atoms with Gasteiger partial charge in [-0.05, 0) is 49.4 Å². The lowest BCUT2D eigenvalue weighted by molar-refractivity contribution is 0.0724. The SMILES string of the molecule is Cc1cccc2c(-c3ccc(C(=O)N4CCCCC4)cc3)cn(C)c12. The second kappa shape index (κ2) is 6.40. The Morgan fingerprint density at radius 3 is 2.40 bits per heavy atom. The smallest absolute Gasteiger partial charge is 0.253 e. The van der Waals surface area contributed by atoms with Gasteiger partial charge in [-0.25, -0.2) is 0 Å². The van der Waals surface area contributed by atoms with Crippen LogP contribution in [0.2, 0.25) is 0 Å². The highest BCUT2D eigenvalue weighted by Crippen LogP contribution is 2.32. The molecule has 2 heterocycles. The van der Waals surface area contributed by atoms with E-state index >= 15 is 0 Å². The quantitative estimate of drug-likeness (QED) is 0.663. The summed E-state index contributed by atoms with van der Waals surface area (Å²) in [5.74, 6) is 0.167. The molecule has 1 aromatic heterocycles. The van der Waals surface area contributed by atoms with E-state index in [1.807, 2.05) is 17.0 Å². The fourth-order valence-corrected chi connectivity index (χ4v) is 3.97. The van der Waals surface area contributed by atoms with Crippen LogP contribution in [0.15, 0.2) is 48.7 Å². The maximum Gasteiger partial charge on any atom is 0.253 e. The molecule has 3 heteroatoms. The van der Waals surface area contributed by atoms with Crippen LogP contribution in [0.4, 0.5) is 0 Å². The van der Waals surface area contributed by atoms with Crippen LogP contribution in [0.1, 0.15) is 35.2 Å². The van der Waals surface area contributed by atoms with E-state index in [1.54, 1.807) is 0 Å². The van der Waals surface area contributed by atoms with Crippen molar-refractivity contribution in [3.8, 4) is 11.1 Å². The monoisotopic (exact) mass is 332 g/mol. The first kappa shape index (κ1) is 15.9. The number of fused-ring (bicyclic) bond motifs is 1. The first-order valence-corrected chi connectivity index (χ1v) is 9.09. The predicted molar refractivity (Wildman–Crippen MR) is 103 cm³/mol. The van der Waals surface area contributed by atoms with Crippen LogP contribution in [0.3, 0.4) is 0 Å². The molecule has 1 saturated heterocycles. The number of para-hydroxylation sites is 1. The lowest BCUT2D eigenvalue weighted by Gasteiger charge is -2.26. The molecule has 1 aliphatic rings. The standard InChI is InChI=1S/C22H24N2O/c1-16-7-6-8-19-20(15-23(2)21(16)19)17-9-11-18(12-10-17)22(25)24-13-4-3-5-14-24/h6-12,15H,3-5,13-14H2,1-2H3. The van der Waals surface area contributed by atoms with Gasteiger partial charge < -0.3 is 9.47 Å². The van der Waals surface area contributed by atoms with Gasteiger partial charge in [-0.15, -0.1) is 0 Å². The van der Waals surface area contributed by atoms with Crippen molar-refractivity contribution in [3.63, 3.8) is 0 Å². The molecule has 4 rings (SSSR count). The number of carbonyl (C=O) groups is 1. The van der Waals surface area contributed by atoms with Gasteiger partial charge in [-0.1, -0.05) is 30.3 Å². The zero-order chi connectivity index (χ0) is 17.4. The summed E-state index contributed by atoms with van der Waals surface area (Å²) in [6, 6.07) is 14.5. The van der Waals surface area contributed by atoms with Crippen LogP contribution in [0.5, 0.6) is 0 Å². The van der Waals surface area contributed by atoms with Gasteiger partial charge in [-0.3, -0.25) is 4.79 Å². The molecular formula is C22H24N2O. The number of benzene rings is 2. The Morgan fingerprint density at radius 1 is 0.960 bits per heavy atom. The van der Waals surface area contributed by atoms with Gasteiger partial charge in [-0.2, -0.15) is 0 Å². The summed E-state index contributed by atoms with van der Waals surface area (Å²) >= 11 is 0. The van der Waals surface area contributed by atoms with E-state index < -0.39 is 0 Å². The maximum atomic E-state index is 12.6. The van der Waals surface area contributed by atoms with Crippen molar-refractivity contribution in [1.82, 2.24) is 9.47 Å². The van der Waals surface area contributed by atoms with Crippen LogP contribution in [0.25, 0.3) is 22.0 Å². The molecule has 3 nitrogen and oxygen atoms in total. The summed E-state index contributed by atoms with van der Waals surface area (Å²) < 4.78 is 2.19. The van der Waals surface area contributed by atoms with Crippen LogP contribution in [-0.4, -0.2) is 28.5 Å². The molecule has 0 N–H and O–H groups in total. The third-order valence-electron chi connectivity index (χ3n) is 5.29. The minimum Gasteiger partial charge on any atom is -0.350 e. The van der Waals surface area contributed by atoms with Crippen LogP contribution < -0.4 is 0 Å². The third kappa shape index (κ3) is 2.84. The van der Waals surface area contributed by atoms with Crippen molar-refractivity contribution < 1.29 is 4.79 Å². The van der Waals surface area contributed by atoms with Crippen molar-refractivity contribution in [3.05, 3.63) is 59.8 Å². The topological polar surface area (TPSA) is 25.2 Å². The number of piperidine rings is 1. The summed E-state index contributed by atoms with van der Waals surface area (Å²) in [6.45, 7) is 3.93. The number of amides is 1. The molecule has 128 valence electrons. The second-order valence-corrected chi connectivity index (χ2v) is 7.05. The van der Waals surface area contributed by atoms with Gasteiger partial charge in [0.25, 0.3) is 5.91 Å².